The average Bonchev–Trinajstić information content (AvgIpc) is 3.12. The number of alkyl halides is 6. The third-order valence-corrected chi connectivity index (χ3v) is 4.87. The fraction of sp³-hybridized carbons (Fsp3) is 0.100. The number of fused-ring (bicyclic) bond motifs is 1. The van der Waals surface area contributed by atoms with E-state index in [0.29, 0.717) is 0 Å². The Morgan fingerprint density at radius 1 is 0.906 bits per heavy atom. The molecule has 4 aromatic rings. The molecule has 0 saturated carbocycles. The lowest BCUT2D eigenvalue weighted by Crippen LogP contribution is -2.04. The van der Waals surface area contributed by atoms with E-state index in [1.54, 1.807) is 6.07 Å². The van der Waals surface area contributed by atoms with E-state index in [4.69, 9.17) is 4.74 Å². The molecule has 2 aromatic carbocycles. The topological polar surface area (TPSA) is 62.8 Å². The van der Waals surface area contributed by atoms with E-state index in [1.165, 1.54) is 24.4 Å². The second-order valence-electron chi connectivity index (χ2n) is 6.55. The lowest BCUT2D eigenvalue weighted by Gasteiger charge is -2.12. The number of imidazole rings is 1. The number of anilines is 2. The molecule has 2 heterocycles. The van der Waals surface area contributed by atoms with Gasteiger partial charge in [-0.15, -0.1) is 0 Å². The maximum absolute atomic E-state index is 13.0. The molecule has 0 atom stereocenters. The van der Waals surface area contributed by atoms with Gasteiger partial charge < -0.3 is 15.0 Å². The number of aromatic nitrogens is 3. The Labute approximate surface area is 184 Å². The molecule has 5 nitrogen and oxygen atoms in total. The molecule has 0 saturated heterocycles. The zero-order chi connectivity index (χ0) is 23.1. The standard InChI is InChI=1S/C20H11BrF6N4O/c21-13-8-11(20(25,26)27)9-15-16(13)31-18(30-15)29-14-5-2-6-28-17(14)32-12-4-1-3-10(7-12)19(22,23)24/h1-9H,(H2,29,30,31). The molecule has 0 amide bonds. The summed E-state index contributed by atoms with van der Waals surface area (Å²) in [5.41, 5.74) is -1.13. The van der Waals surface area contributed by atoms with Crippen LogP contribution in [-0.4, -0.2) is 15.0 Å². The lowest BCUT2D eigenvalue weighted by molar-refractivity contribution is -0.138. The van der Waals surface area contributed by atoms with Crippen LogP contribution >= 0.6 is 15.9 Å². The molecule has 0 fully saturated rings. The van der Waals surface area contributed by atoms with Crippen molar-refractivity contribution in [2.24, 2.45) is 0 Å². The molecule has 0 radical (unpaired) electrons. The van der Waals surface area contributed by atoms with Crippen LogP contribution < -0.4 is 10.1 Å². The van der Waals surface area contributed by atoms with Crippen LogP contribution in [0.4, 0.5) is 38.0 Å². The molecule has 4 rings (SSSR count). The summed E-state index contributed by atoms with van der Waals surface area (Å²) < 4.78 is 83.6. The normalized spacial score (nSPS) is 12.2. The molecule has 32 heavy (non-hydrogen) atoms. The molecule has 12 heteroatoms. The number of benzene rings is 2. The van der Waals surface area contributed by atoms with Crippen molar-refractivity contribution in [1.29, 1.82) is 0 Å². The van der Waals surface area contributed by atoms with Gasteiger partial charge in [0.05, 0.1) is 16.6 Å². The highest BCUT2D eigenvalue weighted by Gasteiger charge is 2.32. The summed E-state index contributed by atoms with van der Waals surface area (Å²) in [5.74, 6) is -0.0620. The van der Waals surface area contributed by atoms with E-state index in [-0.39, 0.29) is 38.8 Å². The molecule has 0 unspecified atom stereocenters. The third-order valence-electron chi connectivity index (χ3n) is 4.27. The molecular formula is C20H11BrF6N4O. The van der Waals surface area contributed by atoms with Crippen molar-refractivity contribution in [2.75, 3.05) is 5.32 Å². The van der Waals surface area contributed by atoms with Crippen LogP contribution in [0.1, 0.15) is 11.1 Å². The maximum Gasteiger partial charge on any atom is 0.416 e. The van der Waals surface area contributed by atoms with Crippen molar-refractivity contribution < 1.29 is 31.1 Å². The van der Waals surface area contributed by atoms with Gasteiger partial charge in [-0.2, -0.15) is 26.3 Å². The first-order chi connectivity index (χ1) is 15.0. The molecule has 0 aliphatic heterocycles. The monoisotopic (exact) mass is 516 g/mol. The van der Waals surface area contributed by atoms with Crippen LogP contribution in [-0.2, 0) is 12.4 Å². The summed E-state index contributed by atoms with van der Waals surface area (Å²) in [6, 6.07) is 9.18. The first-order valence-corrected chi connectivity index (χ1v) is 9.63. The van der Waals surface area contributed by atoms with Gasteiger partial charge in [-0.05, 0) is 58.4 Å². The highest BCUT2D eigenvalue weighted by atomic mass is 79.9. The summed E-state index contributed by atoms with van der Waals surface area (Å²) in [6.45, 7) is 0. The number of rotatable bonds is 4. The van der Waals surface area contributed by atoms with E-state index in [0.717, 1.165) is 24.3 Å². The second-order valence-corrected chi connectivity index (χ2v) is 7.40. The van der Waals surface area contributed by atoms with Crippen molar-refractivity contribution in [2.45, 2.75) is 12.4 Å². The van der Waals surface area contributed by atoms with Gasteiger partial charge in [0.2, 0.25) is 11.8 Å². The second kappa shape index (κ2) is 8.01. The number of ether oxygens (including phenoxy) is 1. The Hall–Kier alpha value is -3.28. The van der Waals surface area contributed by atoms with Gasteiger partial charge in [-0.25, -0.2) is 9.97 Å². The number of nitrogens with one attached hydrogen (secondary N) is 2. The largest absolute Gasteiger partial charge is 0.437 e. The average molecular weight is 517 g/mol. The Morgan fingerprint density at radius 2 is 1.66 bits per heavy atom. The molecular weight excluding hydrogens is 506 g/mol. The van der Waals surface area contributed by atoms with E-state index in [9.17, 15) is 26.3 Å². The van der Waals surface area contributed by atoms with Gasteiger partial charge in [0, 0.05) is 10.7 Å². The van der Waals surface area contributed by atoms with Crippen LogP contribution in [0.3, 0.4) is 0 Å². The first kappa shape index (κ1) is 21.9. The van der Waals surface area contributed by atoms with E-state index in [1.807, 2.05) is 0 Å². The zero-order valence-electron chi connectivity index (χ0n) is 15.6. The van der Waals surface area contributed by atoms with Crippen molar-refractivity contribution in [3.8, 4) is 11.6 Å². The van der Waals surface area contributed by atoms with Crippen LogP contribution in [0.15, 0.2) is 59.2 Å². The van der Waals surface area contributed by atoms with E-state index < -0.39 is 23.5 Å². The van der Waals surface area contributed by atoms with Gasteiger partial charge >= 0.3 is 12.4 Å². The Kier molecular flexibility index (Phi) is 5.49. The molecule has 2 N–H and O–H groups in total. The quantitative estimate of drug-likeness (QED) is 0.279. The van der Waals surface area contributed by atoms with Crippen LogP contribution in [0.25, 0.3) is 11.0 Å². The highest BCUT2D eigenvalue weighted by Crippen LogP contribution is 2.37. The lowest BCUT2D eigenvalue weighted by atomic mass is 10.2. The first-order valence-electron chi connectivity index (χ1n) is 8.84. The van der Waals surface area contributed by atoms with Crippen molar-refractivity contribution in [3.63, 3.8) is 0 Å². The predicted octanol–water partition coefficient (Wildman–Crippen LogP) is 7.29. The maximum atomic E-state index is 13.0. The minimum Gasteiger partial charge on any atom is -0.437 e. The fourth-order valence-corrected chi connectivity index (χ4v) is 3.39. The molecule has 166 valence electrons. The number of aromatic amines is 1. The highest BCUT2D eigenvalue weighted by molar-refractivity contribution is 9.10. The minimum absolute atomic E-state index is 0.0534. The molecule has 0 bridgehead atoms. The summed E-state index contributed by atoms with van der Waals surface area (Å²) in [6.07, 6.45) is -7.70. The summed E-state index contributed by atoms with van der Waals surface area (Å²) in [4.78, 5) is 11.0. The Morgan fingerprint density at radius 3 is 2.38 bits per heavy atom. The Balaban J connectivity index is 1.64. The predicted molar refractivity (Wildman–Crippen MR) is 108 cm³/mol. The fourth-order valence-electron chi connectivity index (χ4n) is 2.84. The van der Waals surface area contributed by atoms with E-state index >= 15 is 0 Å². The molecule has 0 aliphatic carbocycles. The minimum atomic E-state index is -4.54. The number of hydrogen-bond acceptors (Lipinski definition) is 4. The number of hydrogen-bond donors (Lipinski definition) is 2. The third kappa shape index (κ3) is 4.64. The summed E-state index contributed by atoms with van der Waals surface area (Å²) >= 11 is 3.08. The summed E-state index contributed by atoms with van der Waals surface area (Å²) in [7, 11) is 0. The van der Waals surface area contributed by atoms with Crippen LogP contribution in [0.2, 0.25) is 0 Å². The van der Waals surface area contributed by atoms with Gasteiger partial charge in [-0.1, -0.05) is 6.07 Å². The van der Waals surface area contributed by atoms with Gasteiger partial charge in [0.1, 0.15) is 17.0 Å². The van der Waals surface area contributed by atoms with Gasteiger partial charge in [0.15, 0.2) is 0 Å². The molecule has 0 spiro atoms. The van der Waals surface area contributed by atoms with E-state index in [2.05, 4.69) is 36.2 Å². The van der Waals surface area contributed by atoms with Crippen molar-refractivity contribution >= 4 is 38.6 Å². The number of nitrogens with zero attached hydrogens (tertiary/aromatic N) is 2. The smallest absolute Gasteiger partial charge is 0.416 e. The number of H-pyrrole nitrogens is 1. The summed E-state index contributed by atoms with van der Waals surface area (Å²) in [5, 5.41) is 2.83. The van der Waals surface area contributed by atoms with Crippen LogP contribution in [0, 0.1) is 0 Å². The zero-order valence-corrected chi connectivity index (χ0v) is 17.2. The number of halogens is 7. The van der Waals surface area contributed by atoms with Crippen molar-refractivity contribution in [1.82, 2.24) is 15.0 Å². The van der Waals surface area contributed by atoms with Crippen LogP contribution in [0.5, 0.6) is 11.6 Å². The number of pyridine rings is 1. The SMILES string of the molecule is FC(F)(F)c1cccc(Oc2ncccc2Nc2nc3c(Br)cc(C(F)(F)F)cc3[nH]2)c1. The molecule has 2 aromatic heterocycles. The van der Waals surface area contributed by atoms with Crippen molar-refractivity contribution in [3.05, 3.63) is 70.3 Å². The Bertz CT molecular complexity index is 1290. The molecule has 0 aliphatic rings. The van der Waals surface area contributed by atoms with Gasteiger partial charge in [0.25, 0.3) is 0 Å². The van der Waals surface area contributed by atoms with Gasteiger partial charge in [-0.3, -0.25) is 0 Å².